The normalized spacial score (nSPS) is 11.3. The highest BCUT2D eigenvalue weighted by atomic mass is 19.4. The van der Waals surface area contributed by atoms with Crippen LogP contribution in [0.15, 0.2) is 42.6 Å². The Morgan fingerprint density at radius 1 is 1.11 bits per heavy atom. The lowest BCUT2D eigenvalue weighted by atomic mass is 10.0. The maximum Gasteiger partial charge on any atom is 0.416 e. The van der Waals surface area contributed by atoms with Gasteiger partial charge in [-0.2, -0.15) is 18.3 Å². The standard InChI is InChI=1S/C12H7F3N2O/c13-12(14,15)9-4-1-3-8(7-9)11(18)10-5-2-6-16-17-10/h1-7H. The van der Waals surface area contributed by atoms with Crippen LogP contribution in [0, 0.1) is 0 Å². The van der Waals surface area contributed by atoms with E-state index in [2.05, 4.69) is 10.2 Å². The predicted octanol–water partition coefficient (Wildman–Crippen LogP) is 2.73. The SMILES string of the molecule is O=C(c1cccc(C(F)(F)F)c1)c1cccnn1. The third-order valence-corrected chi connectivity index (χ3v) is 2.26. The highest BCUT2D eigenvalue weighted by Gasteiger charge is 2.31. The molecule has 0 atom stereocenters. The minimum Gasteiger partial charge on any atom is -0.287 e. The molecule has 6 heteroatoms. The Balaban J connectivity index is 2.38. The van der Waals surface area contributed by atoms with Crippen molar-refractivity contribution in [1.82, 2.24) is 10.2 Å². The van der Waals surface area contributed by atoms with Crippen molar-refractivity contribution in [3.05, 3.63) is 59.4 Å². The lowest BCUT2D eigenvalue weighted by Crippen LogP contribution is -2.09. The van der Waals surface area contributed by atoms with Crippen LogP contribution in [0.1, 0.15) is 21.6 Å². The molecule has 1 heterocycles. The average molecular weight is 252 g/mol. The summed E-state index contributed by atoms with van der Waals surface area (Å²) in [6, 6.07) is 7.10. The molecule has 3 nitrogen and oxygen atoms in total. The highest BCUT2D eigenvalue weighted by molar-refractivity contribution is 6.07. The van der Waals surface area contributed by atoms with Gasteiger partial charge in [-0.05, 0) is 24.3 Å². The molecule has 0 fully saturated rings. The number of aromatic nitrogens is 2. The molecule has 0 saturated carbocycles. The van der Waals surface area contributed by atoms with E-state index in [4.69, 9.17) is 0 Å². The number of nitrogens with zero attached hydrogens (tertiary/aromatic N) is 2. The van der Waals surface area contributed by atoms with Crippen LogP contribution in [0.25, 0.3) is 0 Å². The quantitative estimate of drug-likeness (QED) is 0.772. The van der Waals surface area contributed by atoms with Crippen LogP contribution in [0.4, 0.5) is 13.2 Å². The first-order valence-electron chi connectivity index (χ1n) is 4.98. The maximum absolute atomic E-state index is 12.5. The van der Waals surface area contributed by atoms with Gasteiger partial charge in [0, 0.05) is 11.8 Å². The molecule has 0 spiro atoms. The molecule has 18 heavy (non-hydrogen) atoms. The predicted molar refractivity (Wildman–Crippen MR) is 56.9 cm³/mol. The van der Waals surface area contributed by atoms with Crippen molar-refractivity contribution < 1.29 is 18.0 Å². The summed E-state index contributed by atoms with van der Waals surface area (Å²) in [5, 5.41) is 7.08. The van der Waals surface area contributed by atoms with Gasteiger partial charge in [-0.3, -0.25) is 4.79 Å². The minimum absolute atomic E-state index is 0.0109. The third kappa shape index (κ3) is 2.53. The second kappa shape index (κ2) is 4.56. The molecular formula is C12H7F3N2O. The zero-order chi connectivity index (χ0) is 13.2. The largest absolute Gasteiger partial charge is 0.416 e. The zero-order valence-corrected chi connectivity index (χ0v) is 8.98. The van der Waals surface area contributed by atoms with Gasteiger partial charge in [-0.25, -0.2) is 0 Å². The summed E-state index contributed by atoms with van der Waals surface area (Å²) in [6.07, 6.45) is -3.10. The van der Waals surface area contributed by atoms with E-state index >= 15 is 0 Å². The van der Waals surface area contributed by atoms with Crippen LogP contribution < -0.4 is 0 Å². The van der Waals surface area contributed by atoms with Gasteiger partial charge < -0.3 is 0 Å². The fraction of sp³-hybridized carbons (Fsp3) is 0.0833. The van der Waals surface area contributed by atoms with Crippen molar-refractivity contribution in [2.75, 3.05) is 0 Å². The number of rotatable bonds is 2. The van der Waals surface area contributed by atoms with E-state index in [0.717, 1.165) is 12.1 Å². The fourth-order valence-electron chi connectivity index (χ4n) is 1.41. The fourth-order valence-corrected chi connectivity index (χ4v) is 1.41. The molecule has 0 unspecified atom stereocenters. The Hall–Kier alpha value is -2.24. The summed E-state index contributed by atoms with van der Waals surface area (Å²) in [5.41, 5.74) is -0.917. The molecule has 1 aromatic carbocycles. The Kier molecular flexibility index (Phi) is 3.10. The topological polar surface area (TPSA) is 42.9 Å². The van der Waals surface area contributed by atoms with Crippen molar-refractivity contribution in [2.45, 2.75) is 6.18 Å². The first-order valence-corrected chi connectivity index (χ1v) is 4.98. The lowest BCUT2D eigenvalue weighted by Gasteiger charge is -2.07. The van der Waals surface area contributed by atoms with Crippen molar-refractivity contribution >= 4 is 5.78 Å². The smallest absolute Gasteiger partial charge is 0.287 e. The number of hydrogen-bond acceptors (Lipinski definition) is 3. The molecule has 0 aliphatic carbocycles. The van der Waals surface area contributed by atoms with Crippen LogP contribution in [-0.4, -0.2) is 16.0 Å². The van der Waals surface area contributed by atoms with E-state index in [-0.39, 0.29) is 11.3 Å². The van der Waals surface area contributed by atoms with E-state index in [1.807, 2.05) is 0 Å². The molecule has 92 valence electrons. The van der Waals surface area contributed by atoms with E-state index < -0.39 is 17.5 Å². The lowest BCUT2D eigenvalue weighted by molar-refractivity contribution is -0.137. The van der Waals surface area contributed by atoms with E-state index in [1.54, 1.807) is 0 Å². The number of ketones is 1. The van der Waals surface area contributed by atoms with Crippen LogP contribution in [0.3, 0.4) is 0 Å². The second-order valence-corrected chi connectivity index (χ2v) is 3.52. The Morgan fingerprint density at radius 3 is 2.50 bits per heavy atom. The Bertz CT molecular complexity index is 567. The molecule has 0 amide bonds. The molecule has 0 N–H and O–H groups in total. The van der Waals surface area contributed by atoms with Crippen molar-refractivity contribution in [3.63, 3.8) is 0 Å². The van der Waals surface area contributed by atoms with E-state index in [0.29, 0.717) is 0 Å². The van der Waals surface area contributed by atoms with Crippen LogP contribution in [-0.2, 0) is 6.18 Å². The number of hydrogen-bond donors (Lipinski definition) is 0. The first-order chi connectivity index (χ1) is 8.48. The summed E-state index contributed by atoms with van der Waals surface area (Å²) in [5.74, 6) is -0.589. The summed E-state index contributed by atoms with van der Waals surface area (Å²) in [6.45, 7) is 0. The highest BCUT2D eigenvalue weighted by Crippen LogP contribution is 2.29. The van der Waals surface area contributed by atoms with Crippen molar-refractivity contribution in [3.8, 4) is 0 Å². The van der Waals surface area contributed by atoms with Gasteiger partial charge in [0.25, 0.3) is 0 Å². The maximum atomic E-state index is 12.5. The first kappa shape index (κ1) is 12.2. The van der Waals surface area contributed by atoms with Gasteiger partial charge in [-0.1, -0.05) is 12.1 Å². The minimum atomic E-state index is -4.47. The van der Waals surface area contributed by atoms with Crippen LogP contribution in [0.2, 0.25) is 0 Å². The monoisotopic (exact) mass is 252 g/mol. The molecule has 0 saturated heterocycles. The summed E-state index contributed by atoms with van der Waals surface area (Å²) < 4.78 is 37.5. The molecular weight excluding hydrogens is 245 g/mol. The van der Waals surface area contributed by atoms with Gasteiger partial charge in [0.2, 0.25) is 5.78 Å². The molecule has 0 aliphatic rings. The summed E-state index contributed by atoms with van der Waals surface area (Å²) in [4.78, 5) is 11.9. The number of alkyl halides is 3. The molecule has 1 aromatic heterocycles. The van der Waals surface area contributed by atoms with Gasteiger partial charge >= 0.3 is 6.18 Å². The van der Waals surface area contributed by atoms with E-state index in [9.17, 15) is 18.0 Å². The molecule has 2 aromatic rings. The molecule has 0 aliphatic heterocycles. The second-order valence-electron chi connectivity index (χ2n) is 3.52. The molecule has 0 bridgehead atoms. The Labute approximate surface area is 100 Å². The number of carbonyl (C=O) groups is 1. The van der Waals surface area contributed by atoms with Gasteiger partial charge in [0.05, 0.1) is 5.56 Å². The van der Waals surface area contributed by atoms with E-state index in [1.165, 1.54) is 30.5 Å². The van der Waals surface area contributed by atoms with Crippen molar-refractivity contribution in [2.24, 2.45) is 0 Å². The summed E-state index contributed by atoms with van der Waals surface area (Å²) in [7, 11) is 0. The zero-order valence-electron chi connectivity index (χ0n) is 8.98. The molecule has 0 radical (unpaired) electrons. The number of benzene rings is 1. The third-order valence-electron chi connectivity index (χ3n) is 2.26. The van der Waals surface area contributed by atoms with Gasteiger partial charge in [-0.15, -0.1) is 5.10 Å². The van der Waals surface area contributed by atoms with Gasteiger partial charge in [0.15, 0.2) is 0 Å². The Morgan fingerprint density at radius 2 is 1.89 bits per heavy atom. The number of carbonyl (C=O) groups excluding carboxylic acids is 1. The van der Waals surface area contributed by atoms with Crippen LogP contribution >= 0.6 is 0 Å². The molecule has 2 rings (SSSR count). The van der Waals surface area contributed by atoms with Crippen LogP contribution in [0.5, 0.6) is 0 Å². The number of halogens is 3. The van der Waals surface area contributed by atoms with Gasteiger partial charge in [0.1, 0.15) is 5.69 Å². The average Bonchev–Trinajstić information content (AvgIpc) is 2.38. The van der Waals surface area contributed by atoms with Crippen molar-refractivity contribution in [1.29, 1.82) is 0 Å². The summed E-state index contributed by atoms with van der Waals surface area (Å²) >= 11 is 0.